The second-order valence-corrected chi connectivity index (χ2v) is 3.69. The zero-order valence-corrected chi connectivity index (χ0v) is 8.91. The molecule has 0 aromatic rings. The second-order valence-electron chi connectivity index (χ2n) is 3.69. The zero-order valence-electron chi connectivity index (χ0n) is 8.91. The predicted molar refractivity (Wildman–Crippen MR) is 53.0 cm³/mol. The molecule has 0 amide bonds. The Kier molecular flexibility index (Phi) is 4.90. The molecule has 0 aromatic carbocycles. The van der Waals surface area contributed by atoms with Crippen molar-refractivity contribution in [2.24, 2.45) is 5.92 Å². The highest BCUT2D eigenvalue weighted by atomic mass is 16.6. The van der Waals surface area contributed by atoms with E-state index in [4.69, 9.17) is 9.47 Å². The Morgan fingerprint density at radius 2 is 2.29 bits per heavy atom. The molecule has 1 N–H and O–H groups in total. The molecule has 1 saturated heterocycles. The SMILES string of the molecule is CCOCC(C)OC(=O)CC1CNC1. The van der Waals surface area contributed by atoms with Gasteiger partial charge in [-0.1, -0.05) is 0 Å². The van der Waals surface area contributed by atoms with E-state index in [1.54, 1.807) is 0 Å². The van der Waals surface area contributed by atoms with E-state index in [0.29, 0.717) is 25.6 Å². The van der Waals surface area contributed by atoms with Gasteiger partial charge in [0, 0.05) is 6.61 Å². The highest BCUT2D eigenvalue weighted by molar-refractivity contribution is 5.70. The summed E-state index contributed by atoms with van der Waals surface area (Å²) in [6.45, 7) is 6.81. The number of hydrogen-bond acceptors (Lipinski definition) is 4. The van der Waals surface area contributed by atoms with Gasteiger partial charge in [0.2, 0.25) is 0 Å². The van der Waals surface area contributed by atoms with Gasteiger partial charge in [0.05, 0.1) is 13.0 Å². The molecule has 1 aliphatic rings. The van der Waals surface area contributed by atoms with Crippen LogP contribution in [0.15, 0.2) is 0 Å². The van der Waals surface area contributed by atoms with Crippen molar-refractivity contribution in [3.05, 3.63) is 0 Å². The maximum absolute atomic E-state index is 11.3. The van der Waals surface area contributed by atoms with Crippen LogP contribution in [0.3, 0.4) is 0 Å². The van der Waals surface area contributed by atoms with Crippen LogP contribution >= 0.6 is 0 Å². The van der Waals surface area contributed by atoms with Crippen molar-refractivity contribution in [1.29, 1.82) is 0 Å². The Labute approximate surface area is 85.0 Å². The normalized spacial score (nSPS) is 18.7. The lowest BCUT2D eigenvalue weighted by Crippen LogP contribution is -2.43. The number of nitrogens with one attached hydrogen (secondary N) is 1. The first kappa shape index (κ1) is 11.5. The Morgan fingerprint density at radius 1 is 1.57 bits per heavy atom. The van der Waals surface area contributed by atoms with Crippen LogP contribution in [-0.4, -0.2) is 38.4 Å². The van der Waals surface area contributed by atoms with Crippen LogP contribution in [0.5, 0.6) is 0 Å². The molecule has 0 bridgehead atoms. The Bertz CT molecular complexity index is 180. The van der Waals surface area contributed by atoms with Crippen LogP contribution in [0.4, 0.5) is 0 Å². The minimum Gasteiger partial charge on any atom is -0.460 e. The molecule has 1 unspecified atom stereocenters. The maximum Gasteiger partial charge on any atom is 0.306 e. The molecule has 4 heteroatoms. The zero-order chi connectivity index (χ0) is 10.4. The van der Waals surface area contributed by atoms with Gasteiger partial charge >= 0.3 is 5.97 Å². The van der Waals surface area contributed by atoms with E-state index in [-0.39, 0.29) is 12.1 Å². The van der Waals surface area contributed by atoms with Crippen molar-refractivity contribution >= 4 is 5.97 Å². The maximum atomic E-state index is 11.3. The molecular weight excluding hydrogens is 182 g/mol. The molecule has 0 radical (unpaired) electrons. The van der Waals surface area contributed by atoms with Crippen molar-refractivity contribution in [1.82, 2.24) is 5.32 Å². The molecule has 82 valence electrons. The average Bonchev–Trinajstić information content (AvgIpc) is 2.08. The monoisotopic (exact) mass is 201 g/mol. The predicted octanol–water partition coefficient (Wildman–Crippen LogP) is 0.564. The van der Waals surface area contributed by atoms with Gasteiger partial charge in [-0.25, -0.2) is 0 Å². The highest BCUT2D eigenvalue weighted by Gasteiger charge is 2.21. The third-order valence-corrected chi connectivity index (χ3v) is 2.21. The van der Waals surface area contributed by atoms with E-state index in [1.165, 1.54) is 0 Å². The molecule has 1 rings (SSSR count). The van der Waals surface area contributed by atoms with E-state index >= 15 is 0 Å². The first-order chi connectivity index (χ1) is 6.72. The van der Waals surface area contributed by atoms with Crippen molar-refractivity contribution in [3.63, 3.8) is 0 Å². The quantitative estimate of drug-likeness (QED) is 0.638. The summed E-state index contributed by atoms with van der Waals surface area (Å²) < 4.78 is 10.3. The second kappa shape index (κ2) is 5.98. The van der Waals surface area contributed by atoms with Gasteiger partial charge in [0.1, 0.15) is 6.10 Å². The third-order valence-electron chi connectivity index (χ3n) is 2.21. The highest BCUT2D eigenvalue weighted by Crippen LogP contribution is 2.09. The molecule has 0 saturated carbocycles. The molecule has 1 heterocycles. The van der Waals surface area contributed by atoms with Gasteiger partial charge in [-0.15, -0.1) is 0 Å². The minimum atomic E-state index is -0.129. The molecule has 0 aromatic heterocycles. The van der Waals surface area contributed by atoms with E-state index in [2.05, 4.69) is 5.32 Å². The Balaban J connectivity index is 2.05. The van der Waals surface area contributed by atoms with Crippen molar-refractivity contribution in [2.45, 2.75) is 26.4 Å². The summed E-state index contributed by atoms with van der Waals surface area (Å²) in [4.78, 5) is 11.3. The number of carbonyl (C=O) groups excluding carboxylic acids is 1. The first-order valence-electron chi connectivity index (χ1n) is 5.20. The topological polar surface area (TPSA) is 47.6 Å². The van der Waals surface area contributed by atoms with Gasteiger partial charge in [0.25, 0.3) is 0 Å². The summed E-state index contributed by atoms with van der Waals surface area (Å²) in [6, 6.07) is 0. The molecule has 14 heavy (non-hydrogen) atoms. The fourth-order valence-corrected chi connectivity index (χ4v) is 1.32. The summed E-state index contributed by atoms with van der Waals surface area (Å²) in [6.07, 6.45) is 0.402. The summed E-state index contributed by atoms with van der Waals surface area (Å²) >= 11 is 0. The average molecular weight is 201 g/mol. The smallest absolute Gasteiger partial charge is 0.306 e. The van der Waals surface area contributed by atoms with Gasteiger partial charge in [-0.2, -0.15) is 0 Å². The van der Waals surface area contributed by atoms with Crippen LogP contribution in [0.25, 0.3) is 0 Å². The van der Waals surface area contributed by atoms with Gasteiger partial charge in [-0.05, 0) is 32.9 Å². The summed E-state index contributed by atoms with van der Waals surface area (Å²) in [5.41, 5.74) is 0. The number of esters is 1. The molecule has 0 spiro atoms. The van der Waals surface area contributed by atoms with Crippen LogP contribution in [0.2, 0.25) is 0 Å². The lowest BCUT2D eigenvalue weighted by atomic mass is 10.00. The van der Waals surface area contributed by atoms with E-state index in [0.717, 1.165) is 13.1 Å². The van der Waals surface area contributed by atoms with Crippen molar-refractivity contribution < 1.29 is 14.3 Å². The van der Waals surface area contributed by atoms with E-state index in [1.807, 2.05) is 13.8 Å². The van der Waals surface area contributed by atoms with E-state index < -0.39 is 0 Å². The minimum absolute atomic E-state index is 0.108. The van der Waals surface area contributed by atoms with Crippen LogP contribution in [0.1, 0.15) is 20.3 Å². The molecule has 0 aliphatic carbocycles. The molecule has 1 atom stereocenters. The largest absolute Gasteiger partial charge is 0.460 e. The third kappa shape index (κ3) is 4.07. The van der Waals surface area contributed by atoms with Gasteiger partial charge in [0.15, 0.2) is 0 Å². The lowest BCUT2D eigenvalue weighted by Gasteiger charge is -2.26. The number of ether oxygens (including phenoxy) is 2. The van der Waals surface area contributed by atoms with Crippen molar-refractivity contribution in [3.8, 4) is 0 Å². The van der Waals surface area contributed by atoms with Gasteiger partial charge in [-0.3, -0.25) is 4.79 Å². The summed E-state index contributed by atoms with van der Waals surface area (Å²) in [5.74, 6) is 0.366. The van der Waals surface area contributed by atoms with Crippen molar-refractivity contribution in [2.75, 3.05) is 26.3 Å². The fourth-order valence-electron chi connectivity index (χ4n) is 1.32. The van der Waals surface area contributed by atoms with Crippen LogP contribution < -0.4 is 5.32 Å². The first-order valence-corrected chi connectivity index (χ1v) is 5.20. The lowest BCUT2D eigenvalue weighted by molar-refractivity contribution is -0.152. The Hall–Kier alpha value is -0.610. The van der Waals surface area contributed by atoms with Gasteiger partial charge < -0.3 is 14.8 Å². The standard InChI is InChI=1S/C10H19NO3/c1-3-13-7-8(2)14-10(12)4-9-5-11-6-9/h8-9,11H,3-7H2,1-2H3. The molecular formula is C10H19NO3. The van der Waals surface area contributed by atoms with E-state index in [9.17, 15) is 4.79 Å². The molecule has 4 nitrogen and oxygen atoms in total. The summed E-state index contributed by atoms with van der Waals surface area (Å²) in [5, 5.41) is 3.12. The van der Waals surface area contributed by atoms with Crippen LogP contribution in [0, 0.1) is 5.92 Å². The Morgan fingerprint density at radius 3 is 2.79 bits per heavy atom. The molecule has 1 aliphatic heterocycles. The number of carbonyl (C=O) groups is 1. The van der Waals surface area contributed by atoms with Crippen LogP contribution in [-0.2, 0) is 14.3 Å². The number of rotatable bonds is 6. The molecule has 1 fully saturated rings. The number of hydrogen-bond donors (Lipinski definition) is 1. The fraction of sp³-hybridized carbons (Fsp3) is 0.900. The summed E-state index contributed by atoms with van der Waals surface area (Å²) in [7, 11) is 0.